The van der Waals surface area contributed by atoms with Gasteiger partial charge in [0, 0.05) is 11.6 Å². The van der Waals surface area contributed by atoms with Crippen molar-refractivity contribution in [1.82, 2.24) is 10.1 Å². The molecule has 0 radical (unpaired) electrons. The first-order valence-corrected chi connectivity index (χ1v) is 6.40. The van der Waals surface area contributed by atoms with Gasteiger partial charge in [-0.2, -0.15) is 4.98 Å². The van der Waals surface area contributed by atoms with Crippen LogP contribution in [0, 0.1) is 6.92 Å². The van der Waals surface area contributed by atoms with E-state index in [0.717, 1.165) is 24.8 Å². The van der Waals surface area contributed by atoms with Gasteiger partial charge < -0.3 is 10.3 Å². The van der Waals surface area contributed by atoms with Gasteiger partial charge in [0.1, 0.15) is 0 Å². The Morgan fingerprint density at radius 1 is 1.33 bits per heavy atom. The number of rotatable bonds is 2. The van der Waals surface area contributed by atoms with Gasteiger partial charge in [0.25, 0.3) is 0 Å². The highest BCUT2D eigenvalue weighted by molar-refractivity contribution is 5.55. The largest absolute Gasteiger partial charge is 0.339 e. The highest BCUT2D eigenvalue weighted by Crippen LogP contribution is 2.33. The van der Waals surface area contributed by atoms with Crippen molar-refractivity contribution in [3.63, 3.8) is 0 Å². The van der Waals surface area contributed by atoms with Crippen molar-refractivity contribution in [3.05, 3.63) is 35.7 Å². The van der Waals surface area contributed by atoms with Crippen LogP contribution < -0.4 is 5.73 Å². The summed E-state index contributed by atoms with van der Waals surface area (Å²) in [6.07, 6.45) is 3.25. The van der Waals surface area contributed by atoms with Crippen LogP contribution in [0.2, 0.25) is 0 Å². The molecule has 0 amide bonds. The van der Waals surface area contributed by atoms with E-state index in [1.165, 1.54) is 5.56 Å². The second kappa shape index (κ2) is 4.53. The summed E-state index contributed by atoms with van der Waals surface area (Å²) < 4.78 is 5.37. The molecule has 1 aromatic carbocycles. The van der Waals surface area contributed by atoms with Crippen molar-refractivity contribution < 1.29 is 4.52 Å². The molecule has 18 heavy (non-hydrogen) atoms. The standard InChI is InChI=1S/C14H17N3O/c1-9-4-2-5-10(8-9)13-16-14(18-17-13)11-6-3-7-12(11)15/h2,4-5,8,11-12H,3,6-7,15H2,1H3. The normalized spacial score (nSPS) is 23.4. The maximum atomic E-state index is 6.06. The van der Waals surface area contributed by atoms with Crippen molar-refractivity contribution in [2.24, 2.45) is 5.73 Å². The van der Waals surface area contributed by atoms with E-state index in [0.29, 0.717) is 11.7 Å². The van der Waals surface area contributed by atoms with E-state index in [1.807, 2.05) is 12.1 Å². The van der Waals surface area contributed by atoms with Crippen LogP contribution in [0.5, 0.6) is 0 Å². The Bertz CT molecular complexity index is 549. The van der Waals surface area contributed by atoms with Gasteiger partial charge in [-0.15, -0.1) is 0 Å². The van der Waals surface area contributed by atoms with Crippen LogP contribution >= 0.6 is 0 Å². The van der Waals surface area contributed by atoms with Gasteiger partial charge in [-0.25, -0.2) is 0 Å². The van der Waals surface area contributed by atoms with Crippen LogP contribution in [-0.2, 0) is 0 Å². The van der Waals surface area contributed by atoms with Crippen molar-refractivity contribution in [3.8, 4) is 11.4 Å². The molecule has 4 nitrogen and oxygen atoms in total. The van der Waals surface area contributed by atoms with Gasteiger partial charge in [-0.1, -0.05) is 35.3 Å². The number of aryl methyl sites for hydroxylation is 1. The zero-order chi connectivity index (χ0) is 12.5. The lowest BCUT2D eigenvalue weighted by atomic mass is 10.0. The van der Waals surface area contributed by atoms with Gasteiger partial charge in [-0.05, 0) is 25.8 Å². The van der Waals surface area contributed by atoms with Crippen molar-refractivity contribution in [2.45, 2.75) is 38.1 Å². The van der Waals surface area contributed by atoms with Crippen LogP contribution in [0.4, 0.5) is 0 Å². The number of aromatic nitrogens is 2. The second-order valence-electron chi connectivity index (χ2n) is 5.03. The monoisotopic (exact) mass is 243 g/mol. The van der Waals surface area contributed by atoms with Gasteiger partial charge in [-0.3, -0.25) is 0 Å². The molecule has 2 aromatic rings. The zero-order valence-electron chi connectivity index (χ0n) is 10.5. The first kappa shape index (κ1) is 11.4. The van der Waals surface area contributed by atoms with Gasteiger partial charge in [0.2, 0.25) is 11.7 Å². The molecule has 2 unspecified atom stereocenters. The molecule has 1 aliphatic carbocycles. The summed E-state index contributed by atoms with van der Waals surface area (Å²) in [6, 6.07) is 8.27. The number of hydrogen-bond donors (Lipinski definition) is 1. The fraction of sp³-hybridized carbons (Fsp3) is 0.429. The van der Waals surface area contributed by atoms with E-state index in [1.54, 1.807) is 0 Å². The Morgan fingerprint density at radius 2 is 2.22 bits per heavy atom. The number of nitrogens with zero attached hydrogens (tertiary/aromatic N) is 2. The second-order valence-corrected chi connectivity index (χ2v) is 5.03. The lowest BCUT2D eigenvalue weighted by Crippen LogP contribution is -2.22. The quantitative estimate of drug-likeness (QED) is 0.880. The minimum atomic E-state index is 0.163. The van der Waals surface area contributed by atoms with Gasteiger partial charge in [0.05, 0.1) is 5.92 Å². The minimum absolute atomic E-state index is 0.163. The Morgan fingerprint density at radius 3 is 2.94 bits per heavy atom. The maximum absolute atomic E-state index is 6.06. The van der Waals surface area contributed by atoms with E-state index in [9.17, 15) is 0 Å². The molecule has 4 heteroatoms. The molecule has 1 aliphatic rings. The molecule has 2 atom stereocenters. The molecule has 1 saturated carbocycles. The molecule has 1 heterocycles. The Balaban J connectivity index is 1.89. The molecule has 0 saturated heterocycles. The van der Waals surface area contributed by atoms with E-state index in [4.69, 9.17) is 10.3 Å². The zero-order valence-corrected chi connectivity index (χ0v) is 10.5. The van der Waals surface area contributed by atoms with E-state index in [2.05, 4.69) is 29.2 Å². The van der Waals surface area contributed by atoms with Gasteiger partial charge >= 0.3 is 0 Å². The predicted molar refractivity (Wildman–Crippen MR) is 69.0 cm³/mol. The first-order valence-electron chi connectivity index (χ1n) is 6.40. The average Bonchev–Trinajstić information content (AvgIpc) is 2.97. The summed E-state index contributed by atoms with van der Waals surface area (Å²) >= 11 is 0. The lowest BCUT2D eigenvalue weighted by Gasteiger charge is -2.08. The van der Waals surface area contributed by atoms with Crippen LogP contribution in [0.3, 0.4) is 0 Å². The Hall–Kier alpha value is -1.68. The molecule has 2 N–H and O–H groups in total. The van der Waals surface area contributed by atoms with Crippen molar-refractivity contribution in [2.75, 3.05) is 0 Å². The molecule has 94 valence electrons. The number of benzene rings is 1. The SMILES string of the molecule is Cc1cccc(-c2noc(C3CCCC3N)n2)c1. The Kier molecular flexibility index (Phi) is 2.88. The number of nitrogens with two attached hydrogens (primary N) is 1. The molecule has 0 bridgehead atoms. The highest BCUT2D eigenvalue weighted by Gasteiger charge is 2.30. The van der Waals surface area contributed by atoms with Gasteiger partial charge in [0.15, 0.2) is 0 Å². The molecule has 0 aliphatic heterocycles. The third-order valence-corrected chi connectivity index (χ3v) is 3.60. The van der Waals surface area contributed by atoms with E-state index >= 15 is 0 Å². The highest BCUT2D eigenvalue weighted by atomic mass is 16.5. The Labute approximate surface area is 106 Å². The van der Waals surface area contributed by atoms with E-state index in [-0.39, 0.29) is 12.0 Å². The van der Waals surface area contributed by atoms with Crippen LogP contribution in [0.1, 0.15) is 36.6 Å². The fourth-order valence-corrected chi connectivity index (χ4v) is 2.58. The molecule has 1 aromatic heterocycles. The number of hydrogen-bond acceptors (Lipinski definition) is 4. The predicted octanol–water partition coefficient (Wildman–Crippen LogP) is 2.64. The van der Waals surface area contributed by atoms with Crippen molar-refractivity contribution in [1.29, 1.82) is 0 Å². The fourth-order valence-electron chi connectivity index (χ4n) is 2.58. The smallest absolute Gasteiger partial charge is 0.231 e. The summed E-state index contributed by atoms with van der Waals surface area (Å²) in [5.41, 5.74) is 8.24. The topological polar surface area (TPSA) is 64.9 Å². The lowest BCUT2D eigenvalue weighted by molar-refractivity contribution is 0.345. The molecular formula is C14H17N3O. The molecule has 3 rings (SSSR count). The molecule has 1 fully saturated rings. The average molecular weight is 243 g/mol. The first-order chi connectivity index (χ1) is 8.74. The summed E-state index contributed by atoms with van der Waals surface area (Å²) in [5, 5.41) is 4.06. The van der Waals surface area contributed by atoms with Crippen molar-refractivity contribution >= 4 is 0 Å². The molecule has 0 spiro atoms. The summed E-state index contributed by atoms with van der Waals surface area (Å²) in [4.78, 5) is 4.50. The molecular weight excluding hydrogens is 226 g/mol. The van der Waals surface area contributed by atoms with Crippen LogP contribution in [0.15, 0.2) is 28.8 Å². The summed E-state index contributed by atoms with van der Waals surface area (Å²) in [7, 11) is 0. The van der Waals surface area contributed by atoms with E-state index < -0.39 is 0 Å². The van der Waals surface area contributed by atoms with Crippen LogP contribution in [0.25, 0.3) is 11.4 Å². The maximum Gasteiger partial charge on any atom is 0.231 e. The minimum Gasteiger partial charge on any atom is -0.339 e. The third-order valence-electron chi connectivity index (χ3n) is 3.60. The third kappa shape index (κ3) is 2.04. The summed E-state index contributed by atoms with van der Waals surface area (Å²) in [5.74, 6) is 1.58. The van der Waals surface area contributed by atoms with Crippen LogP contribution in [-0.4, -0.2) is 16.2 Å². The summed E-state index contributed by atoms with van der Waals surface area (Å²) in [6.45, 7) is 2.05.